The second-order valence-electron chi connectivity index (χ2n) is 6.91. The minimum atomic E-state index is -0.952. The number of hydrogen-bond donors (Lipinski definition) is 2. The van der Waals surface area contributed by atoms with Gasteiger partial charge in [-0.15, -0.1) is 0 Å². The van der Waals surface area contributed by atoms with E-state index in [-0.39, 0.29) is 28.9 Å². The Hall–Kier alpha value is -0.541. The molecule has 0 saturated carbocycles. The molecule has 0 bridgehead atoms. The van der Waals surface area contributed by atoms with E-state index in [0.29, 0.717) is 6.42 Å². The number of aliphatic carboxylic acids is 1. The molecule has 0 aliphatic carbocycles. The van der Waals surface area contributed by atoms with Crippen molar-refractivity contribution < 1.29 is 31.8 Å². The van der Waals surface area contributed by atoms with Crippen molar-refractivity contribution in [2.45, 2.75) is 104 Å². The molecule has 0 rings (SSSR count). The van der Waals surface area contributed by atoms with Crippen molar-refractivity contribution >= 4 is 11.9 Å². The third-order valence-corrected chi connectivity index (χ3v) is 4.26. The predicted octanol–water partition coefficient (Wildman–Crippen LogP) is 4.91. The molecule has 5 heteroatoms. The first kappa shape index (κ1) is 25.7. The number of carbonyl (C=O) groups is 2. The Labute approximate surface area is 159 Å². The van der Waals surface area contributed by atoms with E-state index in [9.17, 15) is 9.59 Å². The molecule has 24 heavy (non-hydrogen) atoms. The van der Waals surface area contributed by atoms with E-state index in [4.69, 9.17) is 5.11 Å². The molecule has 0 unspecified atom stereocenters. The van der Waals surface area contributed by atoms with Crippen LogP contribution in [0.15, 0.2) is 0 Å². The largest absolute Gasteiger partial charge is 0.480 e. The van der Waals surface area contributed by atoms with Crippen molar-refractivity contribution in [3.05, 3.63) is 0 Å². The first-order chi connectivity index (χ1) is 11.0. The zero-order chi connectivity index (χ0) is 17.5. The van der Waals surface area contributed by atoms with Crippen molar-refractivity contribution in [1.29, 1.82) is 0 Å². The van der Waals surface area contributed by atoms with E-state index in [1.165, 1.54) is 57.8 Å². The number of rotatable bonds is 15. The maximum absolute atomic E-state index is 11.7. The number of carboxylic acid groups (broad SMARTS) is 1. The zero-order valence-corrected chi connectivity index (χ0v) is 16.6. The molecule has 2 N–H and O–H groups in total. The average Bonchev–Trinajstić information content (AvgIpc) is 2.49. The Balaban J connectivity index is 0. The molecule has 0 saturated heterocycles. The van der Waals surface area contributed by atoms with Crippen LogP contribution < -0.4 is 5.32 Å². The van der Waals surface area contributed by atoms with Crippen LogP contribution in [0.1, 0.15) is 97.8 Å². The number of amides is 1. The van der Waals surface area contributed by atoms with E-state index in [2.05, 4.69) is 12.2 Å². The fourth-order valence-corrected chi connectivity index (χ4v) is 2.71. The normalized spacial score (nSPS) is 11.8. The molecule has 0 spiro atoms. The van der Waals surface area contributed by atoms with Crippen molar-refractivity contribution in [1.82, 2.24) is 5.32 Å². The minimum absolute atomic E-state index is 0. The average molecular weight is 391 g/mol. The van der Waals surface area contributed by atoms with E-state index >= 15 is 0 Å². The van der Waals surface area contributed by atoms with E-state index in [1.807, 2.05) is 0 Å². The molecule has 0 aliphatic rings. The molecular formula is C19H37CuNO3. The summed E-state index contributed by atoms with van der Waals surface area (Å²) in [4.78, 5) is 22.8. The standard InChI is InChI=1S/C19H37NO3.Cu/c1-4-5-6-7-8-9-10-11-12-13-14-15-17(21)20-18(16(2)3)19(22)23;/h16,18H,4-15H2,1-3H3,(H,20,21)(H,22,23);/t18-;/m0./s1. The summed E-state index contributed by atoms with van der Waals surface area (Å²) in [5, 5.41) is 11.7. The monoisotopic (exact) mass is 390 g/mol. The van der Waals surface area contributed by atoms with Crippen LogP contribution in [0.2, 0.25) is 0 Å². The van der Waals surface area contributed by atoms with Crippen LogP contribution in [0.4, 0.5) is 0 Å². The molecule has 1 amide bonds. The summed E-state index contributed by atoms with van der Waals surface area (Å²) in [5.41, 5.74) is 0. The van der Waals surface area contributed by atoms with Gasteiger partial charge in [-0.3, -0.25) is 4.79 Å². The summed E-state index contributed by atoms with van der Waals surface area (Å²) in [6, 6.07) is -0.768. The molecule has 4 nitrogen and oxygen atoms in total. The van der Waals surface area contributed by atoms with Crippen LogP contribution in [-0.2, 0) is 26.7 Å². The SMILES string of the molecule is CCCCCCCCCCCCCC(=O)N[C@H](C(=O)O)C(C)C.[Cu]. The van der Waals surface area contributed by atoms with Gasteiger partial charge in [-0.1, -0.05) is 85.0 Å². The second-order valence-corrected chi connectivity index (χ2v) is 6.91. The quantitative estimate of drug-likeness (QED) is 0.308. The fraction of sp³-hybridized carbons (Fsp3) is 0.895. The summed E-state index contributed by atoms with van der Waals surface area (Å²) in [6.45, 7) is 5.85. The van der Waals surface area contributed by atoms with Gasteiger partial charge in [0, 0.05) is 23.5 Å². The molecule has 0 heterocycles. The van der Waals surface area contributed by atoms with Gasteiger partial charge in [-0.2, -0.15) is 0 Å². The number of carboxylic acids is 1. The first-order valence-corrected chi connectivity index (χ1v) is 9.51. The third-order valence-electron chi connectivity index (χ3n) is 4.26. The van der Waals surface area contributed by atoms with Gasteiger partial charge in [0.05, 0.1) is 0 Å². The maximum Gasteiger partial charge on any atom is 0.326 e. The van der Waals surface area contributed by atoms with E-state index in [0.717, 1.165) is 12.8 Å². The third kappa shape index (κ3) is 15.0. The summed E-state index contributed by atoms with van der Waals surface area (Å²) >= 11 is 0. The molecule has 1 atom stereocenters. The number of nitrogens with one attached hydrogen (secondary N) is 1. The smallest absolute Gasteiger partial charge is 0.326 e. The van der Waals surface area contributed by atoms with Gasteiger partial charge in [0.15, 0.2) is 0 Å². The minimum Gasteiger partial charge on any atom is -0.480 e. The second kappa shape index (κ2) is 17.3. The summed E-state index contributed by atoms with van der Waals surface area (Å²) in [5.74, 6) is -1.18. The van der Waals surface area contributed by atoms with Crippen LogP contribution in [0.3, 0.4) is 0 Å². The molecular weight excluding hydrogens is 354 g/mol. The van der Waals surface area contributed by atoms with Crippen LogP contribution in [0.25, 0.3) is 0 Å². The number of carbonyl (C=O) groups excluding carboxylic acids is 1. The molecule has 0 aromatic heterocycles. The summed E-state index contributed by atoms with van der Waals surface area (Å²) < 4.78 is 0. The molecule has 0 aromatic carbocycles. The molecule has 0 aliphatic heterocycles. The van der Waals surface area contributed by atoms with Crippen molar-refractivity contribution in [2.75, 3.05) is 0 Å². The first-order valence-electron chi connectivity index (χ1n) is 9.51. The number of unbranched alkanes of at least 4 members (excludes halogenated alkanes) is 10. The van der Waals surface area contributed by atoms with Gasteiger partial charge < -0.3 is 10.4 Å². The van der Waals surface area contributed by atoms with Gasteiger partial charge in [-0.05, 0) is 12.3 Å². The molecule has 0 aromatic rings. The summed E-state index contributed by atoms with van der Waals surface area (Å²) in [6.07, 6.45) is 14.2. The van der Waals surface area contributed by atoms with Gasteiger partial charge >= 0.3 is 5.97 Å². The molecule has 1 radical (unpaired) electrons. The number of hydrogen-bond acceptors (Lipinski definition) is 2. The van der Waals surface area contributed by atoms with Crippen molar-refractivity contribution in [2.24, 2.45) is 5.92 Å². The Morgan fingerprint density at radius 2 is 1.25 bits per heavy atom. The van der Waals surface area contributed by atoms with Crippen molar-refractivity contribution in [3.63, 3.8) is 0 Å². The van der Waals surface area contributed by atoms with Crippen LogP contribution >= 0.6 is 0 Å². The zero-order valence-electron chi connectivity index (χ0n) is 15.7. The Morgan fingerprint density at radius 1 is 0.833 bits per heavy atom. The topological polar surface area (TPSA) is 66.4 Å². The Bertz CT molecular complexity index is 322. The van der Waals surface area contributed by atoms with Gasteiger partial charge in [-0.25, -0.2) is 4.79 Å². The van der Waals surface area contributed by atoms with Crippen LogP contribution in [0.5, 0.6) is 0 Å². The predicted molar refractivity (Wildman–Crippen MR) is 95.5 cm³/mol. The van der Waals surface area contributed by atoms with Crippen LogP contribution in [0, 0.1) is 5.92 Å². The molecule has 147 valence electrons. The molecule has 0 fully saturated rings. The van der Waals surface area contributed by atoms with E-state index in [1.54, 1.807) is 13.8 Å². The Kier molecular flexibility index (Phi) is 18.5. The van der Waals surface area contributed by atoms with Crippen LogP contribution in [-0.4, -0.2) is 23.0 Å². The van der Waals surface area contributed by atoms with E-state index < -0.39 is 12.0 Å². The van der Waals surface area contributed by atoms with Gasteiger partial charge in [0.25, 0.3) is 0 Å². The van der Waals surface area contributed by atoms with Crippen molar-refractivity contribution in [3.8, 4) is 0 Å². The fourth-order valence-electron chi connectivity index (χ4n) is 2.71. The summed E-state index contributed by atoms with van der Waals surface area (Å²) in [7, 11) is 0. The Morgan fingerprint density at radius 3 is 1.62 bits per heavy atom. The van der Waals surface area contributed by atoms with Gasteiger partial charge in [0.1, 0.15) is 6.04 Å². The van der Waals surface area contributed by atoms with Gasteiger partial charge in [0.2, 0.25) is 5.91 Å². The maximum atomic E-state index is 11.7.